The van der Waals surface area contributed by atoms with Crippen LogP contribution in [-0.4, -0.2) is 31.5 Å². The van der Waals surface area contributed by atoms with Crippen molar-refractivity contribution >= 4 is 47.4 Å². The molecule has 152 valence electrons. The molecule has 28 heavy (non-hydrogen) atoms. The van der Waals surface area contributed by atoms with E-state index < -0.39 is 0 Å². The average Bonchev–Trinajstić information content (AvgIpc) is 3.16. The van der Waals surface area contributed by atoms with E-state index in [-0.39, 0.29) is 28.7 Å². The third-order valence-electron chi connectivity index (χ3n) is 4.79. The van der Waals surface area contributed by atoms with E-state index in [1.165, 1.54) is 30.6 Å². The number of methoxy groups -OCH3 is 2. The van der Waals surface area contributed by atoms with Crippen molar-refractivity contribution in [2.45, 2.75) is 35.3 Å². The van der Waals surface area contributed by atoms with Crippen LogP contribution in [0.4, 0.5) is 5.69 Å². The number of nitrogens with one attached hydrogen (secondary N) is 1. The van der Waals surface area contributed by atoms with Crippen molar-refractivity contribution in [3.8, 4) is 11.5 Å². The van der Waals surface area contributed by atoms with Gasteiger partial charge in [-0.05, 0) is 37.1 Å². The number of anilines is 1. The average molecular weight is 513 g/mol. The molecule has 2 aromatic rings. The largest absolute Gasteiger partial charge is 0.493 e. The molecule has 0 spiro atoms. The Hall–Kier alpha value is -1.61. The Morgan fingerprint density at radius 3 is 2.39 bits per heavy atom. The summed E-state index contributed by atoms with van der Waals surface area (Å²) in [5, 5.41) is 3.16. The molecule has 0 radical (unpaired) electrons. The van der Waals surface area contributed by atoms with Crippen molar-refractivity contribution in [3.05, 3.63) is 48.5 Å². The Morgan fingerprint density at radius 2 is 1.75 bits per heavy atom. The summed E-state index contributed by atoms with van der Waals surface area (Å²) in [4.78, 5) is 5.95. The van der Waals surface area contributed by atoms with E-state index in [2.05, 4.69) is 40.6 Å². The summed E-state index contributed by atoms with van der Waals surface area (Å²) in [7, 11) is 3.23. The van der Waals surface area contributed by atoms with Crippen LogP contribution in [0.25, 0.3) is 0 Å². The second kappa shape index (κ2) is 10.8. The number of guanidine groups is 1. The van der Waals surface area contributed by atoms with Crippen LogP contribution in [0.1, 0.15) is 25.7 Å². The maximum atomic E-state index is 6.16. The number of rotatable bonds is 7. The standard InChI is InChI=1S/C21H27N3O2S.HI/c1-25-18-11-10-16(14-19(18)26-2)24-20(22)23-15-21(12-6-7-13-21)27-17-8-4-3-5-9-17;/h3-5,8-11,14H,6-7,12-13,15H2,1-2H3,(H3,22,23,24);1H. The molecule has 1 aliphatic rings. The van der Waals surface area contributed by atoms with Crippen molar-refractivity contribution in [1.82, 2.24) is 0 Å². The van der Waals surface area contributed by atoms with Crippen molar-refractivity contribution in [2.75, 3.05) is 26.1 Å². The highest BCUT2D eigenvalue weighted by molar-refractivity contribution is 14.0. The molecule has 0 aliphatic heterocycles. The molecule has 5 nitrogen and oxygen atoms in total. The number of benzene rings is 2. The van der Waals surface area contributed by atoms with Crippen LogP contribution in [0.2, 0.25) is 0 Å². The first-order chi connectivity index (χ1) is 13.1. The van der Waals surface area contributed by atoms with Gasteiger partial charge in [0.05, 0.1) is 20.8 Å². The highest BCUT2D eigenvalue weighted by Gasteiger charge is 2.34. The van der Waals surface area contributed by atoms with Gasteiger partial charge in [-0.1, -0.05) is 31.0 Å². The molecule has 2 aromatic carbocycles. The van der Waals surface area contributed by atoms with Crippen molar-refractivity contribution in [2.24, 2.45) is 10.7 Å². The summed E-state index contributed by atoms with van der Waals surface area (Å²) in [5.74, 6) is 1.76. The highest BCUT2D eigenvalue weighted by atomic mass is 127. The van der Waals surface area contributed by atoms with Gasteiger partial charge in [-0.15, -0.1) is 35.7 Å². The van der Waals surface area contributed by atoms with Crippen molar-refractivity contribution in [1.29, 1.82) is 0 Å². The van der Waals surface area contributed by atoms with Crippen LogP contribution in [0.3, 0.4) is 0 Å². The topological polar surface area (TPSA) is 68.9 Å². The molecule has 1 aliphatic carbocycles. The van der Waals surface area contributed by atoms with Crippen LogP contribution in [0.5, 0.6) is 11.5 Å². The lowest BCUT2D eigenvalue weighted by Gasteiger charge is -2.26. The molecule has 3 rings (SSSR count). The van der Waals surface area contributed by atoms with Crippen LogP contribution < -0.4 is 20.5 Å². The summed E-state index contributed by atoms with van der Waals surface area (Å²) in [6.07, 6.45) is 4.83. The van der Waals surface area contributed by atoms with Gasteiger partial charge in [-0.25, -0.2) is 0 Å². The molecule has 0 atom stereocenters. The monoisotopic (exact) mass is 513 g/mol. The van der Waals surface area contributed by atoms with Gasteiger partial charge >= 0.3 is 0 Å². The van der Waals surface area contributed by atoms with Gasteiger partial charge in [0.25, 0.3) is 0 Å². The first-order valence-electron chi connectivity index (χ1n) is 9.17. The number of halogens is 1. The second-order valence-electron chi connectivity index (χ2n) is 6.70. The molecule has 3 N–H and O–H groups in total. The molecule has 7 heteroatoms. The zero-order valence-electron chi connectivity index (χ0n) is 16.3. The minimum absolute atomic E-state index is 0. The van der Waals surface area contributed by atoms with E-state index in [1.807, 2.05) is 30.0 Å². The lowest BCUT2D eigenvalue weighted by molar-refractivity contribution is 0.355. The number of nitrogens with two attached hydrogens (primary N) is 1. The van der Waals surface area contributed by atoms with Gasteiger partial charge < -0.3 is 20.5 Å². The fourth-order valence-corrected chi connectivity index (χ4v) is 4.80. The normalized spacial score (nSPS) is 15.6. The minimum Gasteiger partial charge on any atom is -0.493 e. The van der Waals surface area contributed by atoms with E-state index in [0.29, 0.717) is 24.0 Å². The van der Waals surface area contributed by atoms with Crippen LogP contribution >= 0.6 is 35.7 Å². The van der Waals surface area contributed by atoms with E-state index >= 15 is 0 Å². The summed E-state index contributed by atoms with van der Waals surface area (Å²) >= 11 is 1.93. The molecule has 0 unspecified atom stereocenters. The summed E-state index contributed by atoms with van der Waals surface area (Å²) in [6, 6.07) is 16.1. The maximum Gasteiger partial charge on any atom is 0.193 e. The van der Waals surface area contributed by atoms with Crippen LogP contribution in [0.15, 0.2) is 58.4 Å². The molecule has 1 saturated carbocycles. The Balaban J connectivity index is 0.00000280. The van der Waals surface area contributed by atoms with Gasteiger partial charge in [-0.3, -0.25) is 4.99 Å². The fourth-order valence-electron chi connectivity index (χ4n) is 3.38. The van der Waals surface area contributed by atoms with Gasteiger partial charge in [0.2, 0.25) is 0 Å². The molecular formula is C21H28IN3O2S. The maximum absolute atomic E-state index is 6.16. The third kappa shape index (κ3) is 5.94. The molecule has 0 heterocycles. The van der Waals surface area contributed by atoms with E-state index in [9.17, 15) is 0 Å². The predicted molar refractivity (Wildman–Crippen MR) is 129 cm³/mol. The van der Waals surface area contributed by atoms with Gasteiger partial charge in [0.1, 0.15) is 0 Å². The zero-order chi connectivity index (χ0) is 19.1. The van der Waals surface area contributed by atoms with Crippen molar-refractivity contribution in [3.63, 3.8) is 0 Å². The van der Waals surface area contributed by atoms with Crippen LogP contribution in [0, 0.1) is 0 Å². The summed E-state index contributed by atoms with van der Waals surface area (Å²) in [5.41, 5.74) is 6.98. The third-order valence-corrected chi connectivity index (χ3v) is 6.26. The molecular weight excluding hydrogens is 485 g/mol. The van der Waals surface area contributed by atoms with E-state index in [1.54, 1.807) is 14.2 Å². The molecule has 0 bridgehead atoms. The highest BCUT2D eigenvalue weighted by Crippen LogP contribution is 2.45. The quantitative estimate of drug-likeness (QED) is 0.305. The zero-order valence-corrected chi connectivity index (χ0v) is 19.5. The van der Waals surface area contributed by atoms with Gasteiger partial charge in [0.15, 0.2) is 17.5 Å². The first-order valence-corrected chi connectivity index (χ1v) is 9.99. The predicted octanol–water partition coefficient (Wildman–Crippen LogP) is 5.15. The van der Waals surface area contributed by atoms with Crippen molar-refractivity contribution < 1.29 is 9.47 Å². The number of aliphatic imine (C=N–C) groups is 1. The lowest BCUT2D eigenvalue weighted by atomic mass is 10.1. The Morgan fingerprint density at radius 1 is 1.07 bits per heavy atom. The first kappa shape index (κ1) is 22.7. The molecule has 0 saturated heterocycles. The Kier molecular flexibility index (Phi) is 8.75. The number of hydrogen-bond donors (Lipinski definition) is 2. The fraction of sp³-hybridized carbons (Fsp3) is 0.381. The Bertz CT molecular complexity index is 780. The van der Waals surface area contributed by atoms with Crippen LogP contribution in [-0.2, 0) is 0 Å². The van der Waals surface area contributed by atoms with E-state index in [0.717, 1.165) is 5.69 Å². The number of ether oxygens (including phenoxy) is 2. The molecule has 1 fully saturated rings. The lowest BCUT2D eigenvalue weighted by Crippen LogP contribution is -2.29. The SMILES string of the molecule is COc1ccc(NC(N)=NCC2(Sc3ccccc3)CCCC2)cc1OC.I. The Labute approximate surface area is 188 Å². The van der Waals surface area contributed by atoms with E-state index in [4.69, 9.17) is 15.2 Å². The number of hydrogen-bond acceptors (Lipinski definition) is 4. The van der Waals surface area contributed by atoms with Gasteiger partial charge in [-0.2, -0.15) is 0 Å². The molecule has 0 amide bonds. The summed E-state index contributed by atoms with van der Waals surface area (Å²) < 4.78 is 10.7. The second-order valence-corrected chi connectivity index (χ2v) is 8.24. The minimum atomic E-state index is 0. The number of thioether (sulfide) groups is 1. The molecule has 0 aromatic heterocycles. The number of nitrogens with zero attached hydrogens (tertiary/aromatic N) is 1. The smallest absolute Gasteiger partial charge is 0.193 e. The van der Waals surface area contributed by atoms with Gasteiger partial charge in [0, 0.05) is 21.4 Å². The summed E-state index contributed by atoms with van der Waals surface area (Å²) in [6.45, 7) is 0.707.